The zero-order valence-electron chi connectivity index (χ0n) is 20.5. The van der Waals surface area contributed by atoms with Crippen molar-refractivity contribution in [3.05, 3.63) is 83.9 Å². The molecule has 1 aliphatic heterocycles. The van der Waals surface area contributed by atoms with Gasteiger partial charge in [-0.05, 0) is 73.5 Å². The molecule has 0 radical (unpaired) electrons. The third-order valence-corrected chi connectivity index (χ3v) is 7.39. The van der Waals surface area contributed by atoms with Crippen LogP contribution in [0.15, 0.2) is 71.6 Å². The van der Waals surface area contributed by atoms with E-state index in [9.17, 15) is 26.8 Å². The van der Waals surface area contributed by atoms with Crippen LogP contribution >= 0.6 is 0 Å². The Morgan fingerprint density at radius 1 is 0.842 bits per heavy atom. The van der Waals surface area contributed by atoms with Crippen LogP contribution in [0.2, 0.25) is 0 Å². The molecule has 38 heavy (non-hydrogen) atoms. The van der Waals surface area contributed by atoms with Crippen molar-refractivity contribution in [1.82, 2.24) is 10.2 Å². The van der Waals surface area contributed by atoms with Gasteiger partial charge in [-0.1, -0.05) is 12.8 Å². The van der Waals surface area contributed by atoms with Crippen LogP contribution in [0, 0.1) is 11.6 Å². The number of carbonyl (C=O) groups excluding carboxylic acids is 2. The fourth-order valence-corrected chi connectivity index (χ4v) is 5.04. The number of benzene rings is 3. The maximum absolute atomic E-state index is 13.9. The number of likely N-dealkylation sites (tertiary alicyclic amines) is 1. The fraction of sp³-hybridized carbons (Fsp3) is 0.259. The Hall–Kier alpha value is -3.99. The van der Waals surface area contributed by atoms with Crippen LogP contribution in [0.3, 0.4) is 0 Å². The molecule has 1 heterocycles. The van der Waals surface area contributed by atoms with Gasteiger partial charge in [0.1, 0.15) is 17.4 Å². The maximum atomic E-state index is 13.9. The summed E-state index contributed by atoms with van der Waals surface area (Å²) in [7, 11) is -4.19. The molecular formula is C27H27F2N3O5S. The van der Waals surface area contributed by atoms with Crippen molar-refractivity contribution in [2.75, 3.05) is 24.4 Å². The van der Waals surface area contributed by atoms with E-state index < -0.39 is 27.6 Å². The van der Waals surface area contributed by atoms with Gasteiger partial charge in [-0.15, -0.1) is 0 Å². The molecule has 200 valence electrons. The first-order valence-corrected chi connectivity index (χ1v) is 13.6. The van der Waals surface area contributed by atoms with Crippen molar-refractivity contribution in [3.8, 4) is 11.5 Å². The van der Waals surface area contributed by atoms with Crippen molar-refractivity contribution >= 4 is 27.5 Å². The Morgan fingerprint density at radius 2 is 1.47 bits per heavy atom. The Labute approximate surface area is 219 Å². The van der Waals surface area contributed by atoms with Crippen LogP contribution in [0.1, 0.15) is 36.0 Å². The second-order valence-corrected chi connectivity index (χ2v) is 10.5. The Bertz CT molecular complexity index is 1390. The van der Waals surface area contributed by atoms with Crippen LogP contribution in [-0.2, 0) is 14.8 Å². The first-order chi connectivity index (χ1) is 18.2. The molecule has 3 aromatic carbocycles. The Kier molecular flexibility index (Phi) is 8.57. The molecule has 4 rings (SSSR count). The molecule has 2 amide bonds. The molecule has 0 atom stereocenters. The number of carbonyl (C=O) groups is 2. The summed E-state index contributed by atoms with van der Waals surface area (Å²) >= 11 is 0. The number of rotatable bonds is 8. The first-order valence-electron chi connectivity index (χ1n) is 12.1. The summed E-state index contributed by atoms with van der Waals surface area (Å²) in [6.45, 7) is 1.21. The number of ether oxygens (including phenoxy) is 1. The van der Waals surface area contributed by atoms with E-state index in [4.69, 9.17) is 4.74 Å². The SMILES string of the molecule is O=C(NCC(=O)N1CCCCCC1)c1ccc(S(=O)(=O)Nc2cc(F)ccc2Oc2ccc(F)cc2)cc1. The zero-order valence-corrected chi connectivity index (χ0v) is 21.3. The van der Waals surface area contributed by atoms with Gasteiger partial charge in [0, 0.05) is 24.7 Å². The third-order valence-electron chi connectivity index (χ3n) is 6.01. The van der Waals surface area contributed by atoms with E-state index in [0.29, 0.717) is 13.1 Å². The van der Waals surface area contributed by atoms with Crippen molar-refractivity contribution in [2.24, 2.45) is 0 Å². The maximum Gasteiger partial charge on any atom is 0.262 e. The lowest BCUT2D eigenvalue weighted by atomic mass is 10.2. The Balaban J connectivity index is 1.41. The average molecular weight is 544 g/mol. The molecule has 1 aliphatic rings. The first kappa shape index (κ1) is 27.1. The van der Waals surface area contributed by atoms with E-state index in [-0.39, 0.29) is 40.1 Å². The summed E-state index contributed by atoms with van der Waals surface area (Å²) in [6, 6.07) is 13.4. The third kappa shape index (κ3) is 7.06. The van der Waals surface area contributed by atoms with Crippen molar-refractivity contribution in [2.45, 2.75) is 30.6 Å². The zero-order chi connectivity index (χ0) is 27.1. The van der Waals surface area contributed by atoms with E-state index in [1.54, 1.807) is 4.90 Å². The van der Waals surface area contributed by atoms with Crippen LogP contribution in [0.25, 0.3) is 0 Å². The lowest BCUT2D eigenvalue weighted by Crippen LogP contribution is -2.40. The van der Waals surface area contributed by atoms with Gasteiger partial charge in [-0.25, -0.2) is 17.2 Å². The molecule has 0 aliphatic carbocycles. The number of amides is 2. The van der Waals surface area contributed by atoms with Gasteiger partial charge < -0.3 is 15.0 Å². The van der Waals surface area contributed by atoms with Gasteiger partial charge in [0.25, 0.3) is 15.9 Å². The normalized spacial score (nSPS) is 13.9. The number of hydrogen-bond donors (Lipinski definition) is 2. The second kappa shape index (κ2) is 12.0. The van der Waals surface area contributed by atoms with E-state index in [0.717, 1.165) is 37.8 Å². The van der Waals surface area contributed by atoms with Crippen LogP contribution < -0.4 is 14.8 Å². The van der Waals surface area contributed by atoms with Gasteiger partial charge in [0.05, 0.1) is 17.1 Å². The number of sulfonamides is 1. The lowest BCUT2D eigenvalue weighted by molar-refractivity contribution is -0.130. The van der Waals surface area contributed by atoms with E-state index in [2.05, 4.69) is 10.0 Å². The molecule has 2 N–H and O–H groups in total. The van der Waals surface area contributed by atoms with Crippen LogP contribution in [0.4, 0.5) is 14.5 Å². The molecule has 3 aromatic rings. The lowest BCUT2D eigenvalue weighted by Gasteiger charge is -2.20. The average Bonchev–Trinajstić information content (AvgIpc) is 3.20. The van der Waals surface area contributed by atoms with Gasteiger partial charge in [-0.3, -0.25) is 14.3 Å². The molecule has 0 spiro atoms. The predicted molar refractivity (Wildman–Crippen MR) is 138 cm³/mol. The predicted octanol–water partition coefficient (Wildman–Crippen LogP) is 4.69. The van der Waals surface area contributed by atoms with E-state index in [1.165, 1.54) is 54.6 Å². The minimum atomic E-state index is -4.19. The summed E-state index contributed by atoms with van der Waals surface area (Å²) in [5.74, 6) is -1.60. The fourth-order valence-electron chi connectivity index (χ4n) is 3.98. The minimum absolute atomic E-state index is 0.00616. The number of hydrogen-bond acceptors (Lipinski definition) is 5. The molecule has 0 aromatic heterocycles. The number of halogens is 2. The molecule has 0 bridgehead atoms. The molecule has 1 fully saturated rings. The molecule has 0 saturated carbocycles. The summed E-state index contributed by atoms with van der Waals surface area (Å²) in [4.78, 5) is 26.5. The highest BCUT2D eigenvalue weighted by Crippen LogP contribution is 2.32. The number of anilines is 1. The van der Waals surface area contributed by atoms with Gasteiger partial charge in [0.2, 0.25) is 5.91 Å². The Morgan fingerprint density at radius 3 is 2.13 bits per heavy atom. The highest BCUT2D eigenvalue weighted by Gasteiger charge is 2.20. The summed E-state index contributed by atoms with van der Waals surface area (Å²) in [5, 5.41) is 2.58. The second-order valence-electron chi connectivity index (χ2n) is 8.80. The topological polar surface area (TPSA) is 105 Å². The van der Waals surface area contributed by atoms with E-state index in [1.807, 2.05) is 0 Å². The minimum Gasteiger partial charge on any atom is -0.455 e. The van der Waals surface area contributed by atoms with Gasteiger partial charge in [0.15, 0.2) is 5.75 Å². The van der Waals surface area contributed by atoms with Crippen LogP contribution in [0.5, 0.6) is 11.5 Å². The summed E-state index contributed by atoms with van der Waals surface area (Å²) in [5.41, 5.74) is 0.0156. The quantitative estimate of drug-likeness (QED) is 0.429. The molecule has 11 heteroatoms. The highest BCUT2D eigenvalue weighted by atomic mass is 32.2. The molecule has 8 nitrogen and oxygen atoms in total. The number of nitrogens with zero attached hydrogens (tertiary/aromatic N) is 1. The van der Waals surface area contributed by atoms with Crippen molar-refractivity contribution in [1.29, 1.82) is 0 Å². The molecule has 0 unspecified atom stereocenters. The molecule has 1 saturated heterocycles. The van der Waals surface area contributed by atoms with E-state index >= 15 is 0 Å². The number of nitrogens with one attached hydrogen (secondary N) is 2. The summed E-state index contributed by atoms with van der Waals surface area (Å²) in [6.07, 6.45) is 4.06. The van der Waals surface area contributed by atoms with Crippen molar-refractivity contribution in [3.63, 3.8) is 0 Å². The standard InChI is InChI=1S/C27H27F2N3O5S/c28-20-7-10-22(11-8-20)37-25-14-9-21(29)17-24(25)31-38(35,36)23-12-5-19(6-13-23)27(34)30-18-26(33)32-15-3-1-2-4-16-32/h5-14,17,31H,1-4,15-16,18H2,(H,30,34). The smallest absolute Gasteiger partial charge is 0.262 e. The largest absolute Gasteiger partial charge is 0.455 e. The van der Waals surface area contributed by atoms with Crippen LogP contribution in [-0.4, -0.2) is 44.8 Å². The van der Waals surface area contributed by atoms with Gasteiger partial charge in [-0.2, -0.15) is 0 Å². The molecular weight excluding hydrogens is 516 g/mol. The van der Waals surface area contributed by atoms with Gasteiger partial charge >= 0.3 is 0 Å². The monoisotopic (exact) mass is 543 g/mol. The highest BCUT2D eigenvalue weighted by molar-refractivity contribution is 7.92. The summed E-state index contributed by atoms with van der Waals surface area (Å²) < 4.78 is 60.9. The van der Waals surface area contributed by atoms with Crippen molar-refractivity contribution < 1.29 is 31.5 Å².